The number of imidazole rings is 1. The van der Waals surface area contributed by atoms with Crippen molar-refractivity contribution in [1.29, 1.82) is 0 Å². The van der Waals surface area contributed by atoms with E-state index in [1.54, 1.807) is 12.1 Å². The maximum atomic E-state index is 10.9. The molecule has 0 aliphatic carbocycles. The Labute approximate surface area is 68.4 Å². The molecule has 4 heteroatoms. The van der Waals surface area contributed by atoms with Crippen molar-refractivity contribution in [3.8, 4) is 0 Å². The summed E-state index contributed by atoms with van der Waals surface area (Å²) >= 11 is 0. The zero-order valence-corrected chi connectivity index (χ0v) is 6.64. The molecule has 0 fully saturated rings. The summed E-state index contributed by atoms with van der Waals surface area (Å²) in [4.78, 5) is 16.2. The zero-order valence-electron chi connectivity index (χ0n) is 6.64. The van der Waals surface area contributed by atoms with E-state index in [4.69, 9.17) is 5.73 Å². The van der Waals surface area contributed by atoms with Crippen LogP contribution < -0.4 is 11.4 Å². The minimum Gasteiger partial charge on any atom is -0.398 e. The van der Waals surface area contributed by atoms with E-state index in [0.29, 0.717) is 5.69 Å². The summed E-state index contributed by atoms with van der Waals surface area (Å²) in [7, 11) is 0. The lowest BCUT2D eigenvalue weighted by atomic mass is 10.2. The number of hydrogen-bond donors (Lipinski definition) is 3. The summed E-state index contributed by atoms with van der Waals surface area (Å²) in [5.74, 6) is 0. The van der Waals surface area contributed by atoms with E-state index in [1.165, 1.54) is 0 Å². The number of benzene rings is 1. The van der Waals surface area contributed by atoms with Crippen molar-refractivity contribution in [2.24, 2.45) is 0 Å². The molecule has 1 aromatic carbocycles. The molecule has 2 rings (SSSR count). The highest BCUT2D eigenvalue weighted by Crippen LogP contribution is 2.18. The second-order valence-corrected chi connectivity index (χ2v) is 2.78. The highest BCUT2D eigenvalue weighted by Gasteiger charge is 2.02. The van der Waals surface area contributed by atoms with Gasteiger partial charge in [-0.05, 0) is 24.6 Å². The molecular weight excluding hydrogens is 154 g/mol. The van der Waals surface area contributed by atoms with E-state index >= 15 is 0 Å². The van der Waals surface area contributed by atoms with Gasteiger partial charge in [0.1, 0.15) is 0 Å². The third-order valence-corrected chi connectivity index (χ3v) is 1.99. The fraction of sp³-hybridized carbons (Fsp3) is 0.125. The molecule has 1 aromatic heterocycles. The smallest absolute Gasteiger partial charge is 0.323 e. The molecule has 0 atom stereocenters. The van der Waals surface area contributed by atoms with Crippen LogP contribution in [0.5, 0.6) is 0 Å². The lowest BCUT2D eigenvalue weighted by Crippen LogP contribution is -1.99. The van der Waals surface area contributed by atoms with Crippen LogP contribution in [0.3, 0.4) is 0 Å². The van der Waals surface area contributed by atoms with Gasteiger partial charge in [-0.1, -0.05) is 0 Å². The first-order valence-electron chi connectivity index (χ1n) is 3.65. The molecule has 0 aliphatic heterocycles. The van der Waals surface area contributed by atoms with Crippen molar-refractivity contribution < 1.29 is 0 Å². The number of nitrogens with one attached hydrogen (secondary N) is 2. The Balaban J connectivity index is 2.99. The number of nitrogens with two attached hydrogens (primary N) is 1. The summed E-state index contributed by atoms with van der Waals surface area (Å²) in [6, 6.07) is 3.57. The van der Waals surface area contributed by atoms with Crippen LogP contribution in [0.25, 0.3) is 11.0 Å². The van der Waals surface area contributed by atoms with Crippen LogP contribution in [0, 0.1) is 6.92 Å². The maximum absolute atomic E-state index is 10.9. The first kappa shape index (κ1) is 6.97. The van der Waals surface area contributed by atoms with Gasteiger partial charge in [0.15, 0.2) is 0 Å². The molecule has 12 heavy (non-hydrogen) atoms. The predicted molar refractivity (Wildman–Crippen MR) is 48.1 cm³/mol. The monoisotopic (exact) mass is 163 g/mol. The van der Waals surface area contributed by atoms with Gasteiger partial charge in [-0.15, -0.1) is 0 Å². The van der Waals surface area contributed by atoms with Crippen LogP contribution in [-0.4, -0.2) is 9.97 Å². The minimum absolute atomic E-state index is 0.196. The molecule has 0 radical (unpaired) electrons. The van der Waals surface area contributed by atoms with Gasteiger partial charge in [0, 0.05) is 5.69 Å². The highest BCUT2D eigenvalue weighted by molar-refractivity contribution is 5.82. The van der Waals surface area contributed by atoms with Crippen molar-refractivity contribution in [1.82, 2.24) is 9.97 Å². The van der Waals surface area contributed by atoms with Gasteiger partial charge in [-0.25, -0.2) is 4.79 Å². The lowest BCUT2D eigenvalue weighted by Gasteiger charge is -1.98. The molecule has 0 unspecified atom stereocenters. The normalized spacial score (nSPS) is 10.8. The quantitative estimate of drug-likeness (QED) is 0.501. The number of nitrogen functional groups attached to an aromatic ring is 1. The minimum atomic E-state index is -0.196. The van der Waals surface area contributed by atoms with Crippen molar-refractivity contribution in [3.05, 3.63) is 28.2 Å². The molecular formula is C8H9N3O. The number of hydrogen-bond acceptors (Lipinski definition) is 2. The summed E-state index contributed by atoms with van der Waals surface area (Å²) in [6.07, 6.45) is 0. The fourth-order valence-corrected chi connectivity index (χ4v) is 1.26. The molecule has 0 amide bonds. The van der Waals surface area contributed by atoms with Gasteiger partial charge in [-0.2, -0.15) is 0 Å². The standard InChI is InChI=1S/C8H9N3O/c1-4-5(9)2-3-6-7(4)11-8(12)10-6/h2-3H,9H2,1H3,(H2,10,11,12). The third kappa shape index (κ3) is 0.812. The third-order valence-electron chi connectivity index (χ3n) is 1.99. The summed E-state index contributed by atoms with van der Waals surface area (Å²) < 4.78 is 0. The topological polar surface area (TPSA) is 74.7 Å². The second-order valence-electron chi connectivity index (χ2n) is 2.78. The van der Waals surface area contributed by atoms with Crippen LogP contribution in [0.15, 0.2) is 16.9 Å². The second kappa shape index (κ2) is 2.14. The molecule has 0 saturated carbocycles. The average molecular weight is 163 g/mol. The van der Waals surface area contributed by atoms with Gasteiger partial charge >= 0.3 is 5.69 Å². The van der Waals surface area contributed by atoms with Gasteiger partial charge < -0.3 is 15.7 Å². The van der Waals surface area contributed by atoms with Crippen molar-refractivity contribution in [2.45, 2.75) is 6.92 Å². The Morgan fingerprint density at radius 1 is 1.33 bits per heavy atom. The number of aryl methyl sites for hydroxylation is 1. The number of aromatic amines is 2. The van der Waals surface area contributed by atoms with E-state index in [0.717, 1.165) is 16.6 Å². The molecule has 0 aliphatic rings. The molecule has 4 nitrogen and oxygen atoms in total. The SMILES string of the molecule is Cc1c(N)ccc2[nH]c(=O)[nH]c12. The Hall–Kier alpha value is -1.71. The number of anilines is 1. The fourth-order valence-electron chi connectivity index (χ4n) is 1.26. The molecule has 2 aromatic rings. The molecule has 0 spiro atoms. The van der Waals surface area contributed by atoms with Gasteiger partial charge in [0.2, 0.25) is 0 Å². The number of aromatic nitrogens is 2. The van der Waals surface area contributed by atoms with E-state index in [-0.39, 0.29) is 5.69 Å². The van der Waals surface area contributed by atoms with Crippen LogP contribution in [0.2, 0.25) is 0 Å². The van der Waals surface area contributed by atoms with Gasteiger partial charge in [-0.3, -0.25) is 0 Å². The van der Waals surface area contributed by atoms with E-state index < -0.39 is 0 Å². The van der Waals surface area contributed by atoms with Crippen LogP contribution in [0.1, 0.15) is 5.56 Å². The molecule has 62 valence electrons. The molecule has 4 N–H and O–H groups in total. The Morgan fingerprint density at radius 3 is 2.83 bits per heavy atom. The van der Waals surface area contributed by atoms with Gasteiger partial charge in [0.05, 0.1) is 11.0 Å². The van der Waals surface area contributed by atoms with Crippen LogP contribution in [0.4, 0.5) is 5.69 Å². The van der Waals surface area contributed by atoms with E-state index in [9.17, 15) is 4.79 Å². The number of fused-ring (bicyclic) bond motifs is 1. The largest absolute Gasteiger partial charge is 0.398 e. The Bertz CT molecular complexity index is 480. The Morgan fingerprint density at radius 2 is 2.08 bits per heavy atom. The molecule has 1 heterocycles. The van der Waals surface area contributed by atoms with Crippen molar-refractivity contribution in [2.75, 3.05) is 5.73 Å². The molecule has 0 saturated heterocycles. The summed E-state index contributed by atoms with van der Waals surface area (Å²) in [5.41, 5.74) is 8.65. The number of rotatable bonds is 0. The summed E-state index contributed by atoms with van der Waals surface area (Å²) in [5, 5.41) is 0. The van der Waals surface area contributed by atoms with Gasteiger partial charge in [0.25, 0.3) is 0 Å². The van der Waals surface area contributed by atoms with Crippen LogP contribution in [-0.2, 0) is 0 Å². The van der Waals surface area contributed by atoms with Crippen molar-refractivity contribution in [3.63, 3.8) is 0 Å². The first-order valence-corrected chi connectivity index (χ1v) is 3.65. The van der Waals surface area contributed by atoms with Crippen molar-refractivity contribution >= 4 is 16.7 Å². The lowest BCUT2D eigenvalue weighted by molar-refractivity contribution is 1.21. The average Bonchev–Trinajstić information content (AvgIpc) is 2.39. The summed E-state index contributed by atoms with van der Waals surface area (Å²) in [6.45, 7) is 1.88. The Kier molecular flexibility index (Phi) is 1.24. The van der Waals surface area contributed by atoms with E-state index in [1.807, 2.05) is 6.92 Å². The molecule has 0 bridgehead atoms. The zero-order chi connectivity index (χ0) is 8.72. The van der Waals surface area contributed by atoms with E-state index in [2.05, 4.69) is 9.97 Å². The van der Waals surface area contributed by atoms with Crippen LogP contribution >= 0.6 is 0 Å². The highest BCUT2D eigenvalue weighted by atomic mass is 16.1. The maximum Gasteiger partial charge on any atom is 0.323 e. The first-order chi connectivity index (χ1) is 5.68. The predicted octanol–water partition coefficient (Wildman–Crippen LogP) is 0.747. The number of H-pyrrole nitrogens is 2.